The molecule has 2 aromatic carbocycles. The van der Waals surface area contributed by atoms with Crippen molar-refractivity contribution in [3.8, 4) is 5.75 Å². The van der Waals surface area contributed by atoms with Crippen LogP contribution in [0.4, 0.5) is 5.13 Å². The number of hydrogen-bond donors (Lipinski definition) is 1. The lowest BCUT2D eigenvalue weighted by molar-refractivity contribution is 0.102. The van der Waals surface area contributed by atoms with Crippen LogP contribution in [-0.4, -0.2) is 17.5 Å². The molecule has 5 heteroatoms. The second kappa shape index (κ2) is 13.0. The van der Waals surface area contributed by atoms with Crippen LogP contribution in [0.25, 0.3) is 0 Å². The van der Waals surface area contributed by atoms with E-state index in [-0.39, 0.29) is 5.91 Å². The highest BCUT2D eigenvalue weighted by Crippen LogP contribution is 2.24. The highest BCUT2D eigenvalue weighted by Gasteiger charge is 2.14. The van der Waals surface area contributed by atoms with E-state index in [4.69, 9.17) is 4.74 Å². The summed E-state index contributed by atoms with van der Waals surface area (Å²) in [4.78, 5) is 18.4. The Kier molecular flexibility index (Phi) is 9.76. The van der Waals surface area contributed by atoms with E-state index in [1.54, 1.807) is 6.07 Å². The lowest BCUT2D eigenvalue weighted by Gasteiger charge is -2.11. The number of aryl methyl sites for hydroxylation is 1. The van der Waals surface area contributed by atoms with Gasteiger partial charge in [0.2, 0.25) is 0 Å². The van der Waals surface area contributed by atoms with E-state index in [0.29, 0.717) is 23.1 Å². The Balaban J connectivity index is 1.52. The summed E-state index contributed by atoms with van der Waals surface area (Å²) in [7, 11) is 0. The summed E-state index contributed by atoms with van der Waals surface area (Å²) in [6, 6.07) is 16.1. The fourth-order valence-corrected chi connectivity index (χ4v) is 4.39. The molecule has 0 saturated heterocycles. The number of amides is 1. The minimum absolute atomic E-state index is 0.184. The summed E-state index contributed by atoms with van der Waals surface area (Å²) in [5.41, 5.74) is 3.13. The zero-order chi connectivity index (χ0) is 22.6. The van der Waals surface area contributed by atoms with Crippen molar-refractivity contribution in [3.63, 3.8) is 0 Å². The summed E-state index contributed by atoms with van der Waals surface area (Å²) < 4.78 is 5.93. The first-order valence-electron chi connectivity index (χ1n) is 11.7. The van der Waals surface area contributed by atoms with Gasteiger partial charge in [-0.05, 0) is 36.1 Å². The molecule has 0 fully saturated rings. The average Bonchev–Trinajstić information content (AvgIpc) is 3.25. The monoisotopic (exact) mass is 450 g/mol. The fourth-order valence-electron chi connectivity index (χ4n) is 3.55. The van der Waals surface area contributed by atoms with Crippen molar-refractivity contribution >= 4 is 22.4 Å². The third-order valence-electron chi connectivity index (χ3n) is 5.47. The smallest absolute Gasteiger partial charge is 0.261 e. The molecule has 3 aromatic rings. The molecule has 0 saturated carbocycles. The van der Waals surface area contributed by atoms with Crippen molar-refractivity contribution in [1.82, 2.24) is 4.98 Å². The van der Waals surface area contributed by atoms with Crippen molar-refractivity contribution in [2.24, 2.45) is 0 Å². The molecule has 0 radical (unpaired) electrons. The molecule has 0 unspecified atom stereocenters. The molecule has 1 aromatic heterocycles. The van der Waals surface area contributed by atoms with Gasteiger partial charge in [-0.2, -0.15) is 0 Å². The normalized spacial score (nSPS) is 10.8. The van der Waals surface area contributed by atoms with E-state index < -0.39 is 0 Å². The maximum atomic E-state index is 12.9. The van der Waals surface area contributed by atoms with Crippen molar-refractivity contribution in [2.75, 3.05) is 11.9 Å². The van der Waals surface area contributed by atoms with Gasteiger partial charge in [-0.15, -0.1) is 11.3 Å². The number of benzene rings is 2. The molecule has 4 nitrogen and oxygen atoms in total. The van der Waals surface area contributed by atoms with Crippen LogP contribution < -0.4 is 10.1 Å². The van der Waals surface area contributed by atoms with Gasteiger partial charge in [0, 0.05) is 17.5 Å². The Labute approximate surface area is 196 Å². The molecule has 0 atom stereocenters. The van der Waals surface area contributed by atoms with E-state index in [1.165, 1.54) is 48.1 Å². The summed E-state index contributed by atoms with van der Waals surface area (Å²) in [5.74, 6) is 0.447. The van der Waals surface area contributed by atoms with Crippen LogP contribution in [0.15, 0.2) is 54.7 Å². The largest absolute Gasteiger partial charge is 0.493 e. The van der Waals surface area contributed by atoms with Gasteiger partial charge in [0.25, 0.3) is 5.91 Å². The molecule has 0 aliphatic heterocycles. The topological polar surface area (TPSA) is 51.2 Å². The molecule has 0 spiro atoms. The zero-order valence-corrected chi connectivity index (χ0v) is 20.0. The number of para-hydroxylation sites is 1. The Morgan fingerprint density at radius 3 is 2.44 bits per heavy atom. The van der Waals surface area contributed by atoms with Crippen LogP contribution in [0, 0.1) is 0 Å². The zero-order valence-electron chi connectivity index (χ0n) is 19.2. The molecule has 32 heavy (non-hydrogen) atoms. The second-order valence-corrected chi connectivity index (χ2v) is 9.16. The van der Waals surface area contributed by atoms with Gasteiger partial charge in [-0.1, -0.05) is 82.3 Å². The number of anilines is 1. The number of carbonyl (C=O) groups excluding carboxylic acids is 1. The molecule has 0 aliphatic rings. The second-order valence-electron chi connectivity index (χ2n) is 8.05. The Morgan fingerprint density at radius 1 is 0.938 bits per heavy atom. The third-order valence-corrected chi connectivity index (χ3v) is 6.38. The van der Waals surface area contributed by atoms with E-state index in [1.807, 2.05) is 24.4 Å². The summed E-state index contributed by atoms with van der Waals surface area (Å²) in [5, 5.41) is 3.55. The standard InChI is InChI=1S/C27H34N2O2S/c1-3-5-6-7-8-11-18-31-25-13-10-9-12-24(25)26(30)29-27-28-20-23(32-27)19-22-16-14-21(4-2)15-17-22/h9-10,12-17,20H,3-8,11,18-19H2,1-2H3,(H,28,29,30). The Bertz CT molecular complexity index is 966. The molecule has 0 aliphatic carbocycles. The number of aromatic nitrogens is 1. The van der Waals surface area contributed by atoms with Gasteiger partial charge in [-0.25, -0.2) is 4.98 Å². The van der Waals surface area contributed by atoms with Crippen molar-refractivity contribution in [2.45, 2.75) is 65.2 Å². The number of hydrogen-bond acceptors (Lipinski definition) is 4. The maximum Gasteiger partial charge on any atom is 0.261 e. The minimum Gasteiger partial charge on any atom is -0.493 e. The highest BCUT2D eigenvalue weighted by atomic mass is 32.1. The quantitative estimate of drug-likeness (QED) is 0.278. The molecule has 0 bridgehead atoms. The van der Waals surface area contributed by atoms with Gasteiger partial charge >= 0.3 is 0 Å². The van der Waals surface area contributed by atoms with E-state index >= 15 is 0 Å². The van der Waals surface area contributed by atoms with Gasteiger partial charge < -0.3 is 4.74 Å². The van der Waals surface area contributed by atoms with Crippen molar-refractivity contribution in [3.05, 3.63) is 76.3 Å². The van der Waals surface area contributed by atoms with E-state index in [2.05, 4.69) is 48.4 Å². The van der Waals surface area contributed by atoms with Crippen LogP contribution >= 0.6 is 11.3 Å². The van der Waals surface area contributed by atoms with Gasteiger partial charge in [0.15, 0.2) is 5.13 Å². The number of carbonyl (C=O) groups is 1. The first-order valence-corrected chi connectivity index (χ1v) is 12.6. The van der Waals surface area contributed by atoms with E-state index in [9.17, 15) is 4.79 Å². The molecular weight excluding hydrogens is 416 g/mol. The number of thiazole rings is 1. The maximum absolute atomic E-state index is 12.9. The first kappa shape index (κ1) is 24.0. The van der Waals surface area contributed by atoms with Crippen molar-refractivity contribution < 1.29 is 9.53 Å². The predicted molar refractivity (Wildman–Crippen MR) is 134 cm³/mol. The lowest BCUT2D eigenvalue weighted by Crippen LogP contribution is -2.13. The molecule has 1 N–H and O–H groups in total. The molecule has 1 heterocycles. The fraction of sp³-hybridized carbons (Fsp3) is 0.407. The van der Waals surface area contributed by atoms with Crippen LogP contribution in [0.3, 0.4) is 0 Å². The van der Waals surface area contributed by atoms with Crippen LogP contribution in [0.5, 0.6) is 5.75 Å². The molecule has 170 valence electrons. The lowest BCUT2D eigenvalue weighted by atomic mass is 10.1. The van der Waals surface area contributed by atoms with Gasteiger partial charge in [-0.3, -0.25) is 10.1 Å². The van der Waals surface area contributed by atoms with Gasteiger partial charge in [0.05, 0.1) is 12.2 Å². The minimum atomic E-state index is -0.184. The Morgan fingerprint density at radius 2 is 1.66 bits per heavy atom. The van der Waals surface area contributed by atoms with E-state index in [0.717, 1.165) is 30.6 Å². The third kappa shape index (κ3) is 7.49. The first-order chi connectivity index (χ1) is 15.7. The number of nitrogens with zero attached hydrogens (tertiary/aromatic N) is 1. The van der Waals surface area contributed by atoms with Gasteiger partial charge in [0.1, 0.15) is 5.75 Å². The Hall–Kier alpha value is -2.66. The SMILES string of the molecule is CCCCCCCCOc1ccccc1C(=O)Nc1ncc(Cc2ccc(CC)cc2)s1. The van der Waals surface area contributed by atoms with Crippen LogP contribution in [-0.2, 0) is 12.8 Å². The van der Waals surface area contributed by atoms with Crippen LogP contribution in [0.1, 0.15) is 78.7 Å². The molecule has 3 rings (SSSR count). The number of nitrogens with one attached hydrogen (secondary N) is 1. The summed E-state index contributed by atoms with van der Waals surface area (Å²) >= 11 is 1.51. The molecule has 1 amide bonds. The average molecular weight is 451 g/mol. The predicted octanol–water partition coefficient (Wildman–Crippen LogP) is 7.29. The number of unbranched alkanes of at least 4 members (excludes halogenated alkanes) is 5. The highest BCUT2D eigenvalue weighted by molar-refractivity contribution is 7.15. The van der Waals surface area contributed by atoms with Crippen molar-refractivity contribution in [1.29, 1.82) is 0 Å². The number of ether oxygens (including phenoxy) is 1. The summed E-state index contributed by atoms with van der Waals surface area (Å²) in [6.07, 6.45) is 11.0. The molecular formula is C27H34N2O2S. The summed E-state index contributed by atoms with van der Waals surface area (Å²) in [6.45, 7) is 5.02. The van der Waals surface area contributed by atoms with Crippen LogP contribution in [0.2, 0.25) is 0 Å². The number of rotatable bonds is 13.